The first-order chi connectivity index (χ1) is 12.4. The van der Waals surface area contributed by atoms with Gasteiger partial charge in [0, 0.05) is 5.02 Å². The third-order valence-corrected chi connectivity index (χ3v) is 4.12. The number of amides is 1. The average molecular weight is 378 g/mol. The highest BCUT2D eigenvalue weighted by atomic mass is 35.5. The van der Waals surface area contributed by atoms with Crippen molar-refractivity contribution in [3.8, 4) is 11.5 Å². The molecule has 2 rings (SSSR count). The molecular formula is C19H20ClNO5. The predicted octanol–water partition coefficient (Wildman–Crippen LogP) is 3.63. The van der Waals surface area contributed by atoms with Crippen molar-refractivity contribution in [1.29, 1.82) is 0 Å². The number of benzene rings is 2. The van der Waals surface area contributed by atoms with E-state index in [4.69, 9.17) is 21.1 Å². The molecule has 1 unspecified atom stereocenters. The number of rotatable bonds is 8. The molecule has 1 amide bonds. The van der Waals surface area contributed by atoms with Crippen LogP contribution in [0.15, 0.2) is 42.5 Å². The van der Waals surface area contributed by atoms with Gasteiger partial charge in [0.1, 0.15) is 17.2 Å². The van der Waals surface area contributed by atoms with E-state index >= 15 is 0 Å². The number of nitrogens with one attached hydrogen (secondary N) is 1. The van der Waals surface area contributed by atoms with Gasteiger partial charge < -0.3 is 19.9 Å². The fraction of sp³-hybridized carbons (Fsp3) is 0.263. The Kier molecular flexibility index (Phi) is 6.86. The molecule has 2 aromatic carbocycles. The highest BCUT2D eigenvalue weighted by Crippen LogP contribution is 2.34. The number of aliphatic carboxylic acids is 1. The van der Waals surface area contributed by atoms with Crippen LogP contribution in [-0.4, -0.2) is 31.2 Å². The molecule has 0 spiro atoms. The number of methoxy groups -OCH3 is 2. The van der Waals surface area contributed by atoms with E-state index in [9.17, 15) is 14.7 Å². The zero-order valence-corrected chi connectivity index (χ0v) is 15.2. The highest BCUT2D eigenvalue weighted by molar-refractivity contribution is 6.30. The summed E-state index contributed by atoms with van der Waals surface area (Å²) in [5.41, 5.74) is 1.19. The summed E-state index contributed by atoms with van der Waals surface area (Å²) in [5, 5.41) is 12.5. The number of carboxylic acids is 1. The van der Waals surface area contributed by atoms with E-state index in [0.29, 0.717) is 22.2 Å². The molecule has 1 atom stereocenters. The summed E-state index contributed by atoms with van der Waals surface area (Å²) in [4.78, 5) is 24.0. The van der Waals surface area contributed by atoms with Gasteiger partial charge in [-0.05, 0) is 36.2 Å². The van der Waals surface area contributed by atoms with Crippen molar-refractivity contribution in [2.45, 2.75) is 12.8 Å². The summed E-state index contributed by atoms with van der Waals surface area (Å²) in [5.74, 6) is -1.38. The van der Waals surface area contributed by atoms with Crippen molar-refractivity contribution in [3.63, 3.8) is 0 Å². The summed E-state index contributed by atoms with van der Waals surface area (Å²) in [6.07, 6.45) is -0.0291. The van der Waals surface area contributed by atoms with Crippen LogP contribution in [0.4, 0.5) is 5.69 Å². The minimum atomic E-state index is -1.05. The predicted molar refractivity (Wildman–Crippen MR) is 99.1 cm³/mol. The van der Waals surface area contributed by atoms with Crippen LogP contribution in [0.3, 0.4) is 0 Å². The maximum absolute atomic E-state index is 12.7. The van der Waals surface area contributed by atoms with E-state index in [-0.39, 0.29) is 12.8 Å². The Bertz CT molecular complexity index is 754. The number of para-hydroxylation sites is 1. The summed E-state index contributed by atoms with van der Waals surface area (Å²) in [7, 11) is 2.96. The number of carboxylic acid groups (broad SMARTS) is 1. The second-order valence-electron chi connectivity index (χ2n) is 5.65. The lowest BCUT2D eigenvalue weighted by Gasteiger charge is -2.18. The summed E-state index contributed by atoms with van der Waals surface area (Å²) >= 11 is 5.87. The van der Waals surface area contributed by atoms with Crippen molar-refractivity contribution in [2.75, 3.05) is 19.5 Å². The van der Waals surface area contributed by atoms with E-state index in [0.717, 1.165) is 5.56 Å². The van der Waals surface area contributed by atoms with Crippen LogP contribution in [0.2, 0.25) is 5.02 Å². The Hall–Kier alpha value is -2.73. The molecule has 6 nitrogen and oxygen atoms in total. The monoisotopic (exact) mass is 377 g/mol. The molecule has 0 saturated carbocycles. The lowest BCUT2D eigenvalue weighted by atomic mass is 9.95. The molecule has 2 N–H and O–H groups in total. The minimum absolute atomic E-state index is 0.271. The molecule has 7 heteroatoms. The number of carbonyl (C=O) groups excluding carboxylic acids is 1. The van der Waals surface area contributed by atoms with Crippen LogP contribution in [0.1, 0.15) is 12.0 Å². The minimum Gasteiger partial charge on any atom is -0.494 e. The lowest BCUT2D eigenvalue weighted by Crippen LogP contribution is -2.27. The first kappa shape index (κ1) is 19.6. The third kappa shape index (κ3) is 5.13. The Morgan fingerprint density at radius 2 is 1.65 bits per heavy atom. The number of ether oxygens (including phenoxy) is 2. The average Bonchev–Trinajstić information content (AvgIpc) is 2.62. The molecule has 138 valence electrons. The number of anilines is 1. The van der Waals surface area contributed by atoms with Crippen LogP contribution in [0.25, 0.3) is 0 Å². The van der Waals surface area contributed by atoms with Crippen molar-refractivity contribution in [3.05, 3.63) is 53.1 Å². The summed E-state index contributed by atoms with van der Waals surface area (Å²) in [6, 6.07) is 12.1. The van der Waals surface area contributed by atoms with Crippen molar-refractivity contribution >= 4 is 29.2 Å². The second-order valence-corrected chi connectivity index (χ2v) is 6.09. The fourth-order valence-electron chi connectivity index (χ4n) is 2.57. The maximum atomic E-state index is 12.7. The summed E-state index contributed by atoms with van der Waals surface area (Å²) in [6.45, 7) is 0. The van der Waals surface area contributed by atoms with Gasteiger partial charge in [-0.1, -0.05) is 29.8 Å². The molecular weight excluding hydrogens is 358 g/mol. The Morgan fingerprint density at radius 3 is 2.15 bits per heavy atom. The molecule has 0 radical (unpaired) electrons. The van der Waals surface area contributed by atoms with E-state index in [1.54, 1.807) is 42.5 Å². The van der Waals surface area contributed by atoms with Gasteiger partial charge in [-0.3, -0.25) is 9.59 Å². The Balaban J connectivity index is 2.24. The van der Waals surface area contributed by atoms with Gasteiger partial charge in [0.05, 0.1) is 26.6 Å². The molecule has 0 aliphatic rings. The molecule has 26 heavy (non-hydrogen) atoms. The maximum Gasteiger partial charge on any atom is 0.304 e. The van der Waals surface area contributed by atoms with Crippen molar-refractivity contribution < 1.29 is 24.2 Å². The van der Waals surface area contributed by atoms with Gasteiger partial charge in [0.25, 0.3) is 0 Å². The molecule has 0 aliphatic carbocycles. The van der Waals surface area contributed by atoms with Crippen molar-refractivity contribution in [1.82, 2.24) is 0 Å². The Morgan fingerprint density at radius 1 is 1.08 bits per heavy atom. The van der Waals surface area contributed by atoms with Gasteiger partial charge >= 0.3 is 5.97 Å². The van der Waals surface area contributed by atoms with Gasteiger partial charge in [-0.2, -0.15) is 0 Å². The van der Waals surface area contributed by atoms with Gasteiger partial charge in [0.2, 0.25) is 5.91 Å². The molecule has 2 aromatic rings. The topological polar surface area (TPSA) is 84.9 Å². The number of halogens is 1. The molecule has 0 aromatic heterocycles. The van der Waals surface area contributed by atoms with E-state index in [1.165, 1.54) is 14.2 Å². The van der Waals surface area contributed by atoms with Crippen LogP contribution in [-0.2, 0) is 16.0 Å². The zero-order valence-electron chi connectivity index (χ0n) is 14.5. The molecule has 0 heterocycles. The largest absolute Gasteiger partial charge is 0.494 e. The van der Waals surface area contributed by atoms with E-state index in [1.807, 2.05) is 0 Å². The van der Waals surface area contributed by atoms with Crippen LogP contribution >= 0.6 is 11.6 Å². The number of hydrogen-bond acceptors (Lipinski definition) is 4. The first-order valence-electron chi connectivity index (χ1n) is 7.92. The van der Waals surface area contributed by atoms with Crippen LogP contribution in [0, 0.1) is 5.92 Å². The van der Waals surface area contributed by atoms with E-state index < -0.39 is 17.8 Å². The highest BCUT2D eigenvalue weighted by Gasteiger charge is 2.24. The zero-order chi connectivity index (χ0) is 19.1. The SMILES string of the molecule is COc1cccc(OC)c1NC(=O)C(CC(=O)O)Cc1ccc(Cl)cc1. The smallest absolute Gasteiger partial charge is 0.304 e. The fourth-order valence-corrected chi connectivity index (χ4v) is 2.70. The molecule has 0 bridgehead atoms. The van der Waals surface area contributed by atoms with E-state index in [2.05, 4.69) is 5.32 Å². The quantitative estimate of drug-likeness (QED) is 0.733. The van der Waals surface area contributed by atoms with Gasteiger partial charge in [-0.25, -0.2) is 0 Å². The number of carbonyl (C=O) groups is 2. The molecule has 0 saturated heterocycles. The Labute approximate surface area is 156 Å². The van der Waals surface area contributed by atoms with Crippen molar-refractivity contribution in [2.24, 2.45) is 5.92 Å². The second kappa shape index (κ2) is 9.10. The summed E-state index contributed by atoms with van der Waals surface area (Å²) < 4.78 is 10.5. The third-order valence-electron chi connectivity index (χ3n) is 3.86. The molecule has 0 fully saturated rings. The van der Waals surface area contributed by atoms with Crippen LogP contribution < -0.4 is 14.8 Å². The lowest BCUT2D eigenvalue weighted by molar-refractivity contribution is -0.140. The normalized spacial score (nSPS) is 11.5. The first-order valence-corrected chi connectivity index (χ1v) is 8.30. The number of hydrogen-bond donors (Lipinski definition) is 2. The van der Waals surface area contributed by atoms with Gasteiger partial charge in [0.15, 0.2) is 0 Å². The van der Waals surface area contributed by atoms with Crippen LogP contribution in [0.5, 0.6) is 11.5 Å². The van der Waals surface area contributed by atoms with Gasteiger partial charge in [-0.15, -0.1) is 0 Å². The standard InChI is InChI=1S/C19H20ClNO5/c1-25-15-4-3-5-16(26-2)18(15)21-19(24)13(11-17(22)23)10-12-6-8-14(20)9-7-12/h3-9,13H,10-11H2,1-2H3,(H,21,24)(H,22,23). The molecule has 0 aliphatic heterocycles.